The van der Waals surface area contributed by atoms with Gasteiger partial charge in [0.1, 0.15) is 0 Å². The van der Waals surface area contributed by atoms with Crippen LogP contribution in [0.5, 0.6) is 0 Å². The van der Waals surface area contributed by atoms with Gasteiger partial charge in [0, 0.05) is 0 Å². The monoisotopic (exact) mass is 275 g/mol. The average Bonchev–Trinajstić information content (AvgIpc) is 1.35. The van der Waals surface area contributed by atoms with Crippen molar-refractivity contribution in [1.82, 2.24) is 0 Å². The van der Waals surface area contributed by atoms with Gasteiger partial charge in [-0.1, -0.05) is 0 Å². The van der Waals surface area contributed by atoms with E-state index in [1.54, 1.807) is 0 Å². The molecule has 3 heteroatoms. The Hall–Kier alpha value is 0.405. The molecule has 0 unspecified atom stereocenters. The molecule has 0 aromatic rings. The van der Waals surface area contributed by atoms with E-state index in [2.05, 4.69) is 4.74 Å². The first-order valence-corrected chi connectivity index (χ1v) is 4.51. The van der Waals surface area contributed by atoms with E-state index in [-0.39, 0.29) is 29.6 Å². The molecule has 0 atom stereocenters. The molecule has 0 bridgehead atoms. The molecule has 0 aromatic heterocycles. The summed E-state index contributed by atoms with van der Waals surface area (Å²) in [7, 11) is 0. The fraction of sp³-hybridized carbons (Fsp3) is 0.667. The van der Waals surface area contributed by atoms with Crippen LogP contribution in [0.2, 0.25) is 0 Å². The van der Waals surface area contributed by atoms with E-state index in [9.17, 15) is 4.79 Å². The van der Waals surface area contributed by atoms with Crippen LogP contribution in [0.4, 0.5) is 4.79 Å². The summed E-state index contributed by atoms with van der Waals surface area (Å²) in [6.07, 6.45) is 0. The minimum absolute atomic E-state index is 0.0162. The van der Waals surface area contributed by atoms with Crippen LogP contribution >= 0.6 is 0 Å². The van der Waals surface area contributed by atoms with Crippen LogP contribution in [0.15, 0.2) is 0 Å². The predicted octanol–water partition coefficient (Wildman–Crippen LogP) is 0.690. The van der Waals surface area contributed by atoms with Crippen LogP contribution < -0.4 is 0 Å². The standard InChI is InChI=1S/C3H5O2.Hg/c1-2-5-3-4;/h2H2,1H3;/q;+1. The molecule has 0 aliphatic rings. The number of ether oxygens (including phenoxy) is 1. The van der Waals surface area contributed by atoms with Gasteiger partial charge < -0.3 is 0 Å². The summed E-state index contributed by atoms with van der Waals surface area (Å²) < 4.78 is 4.47. The van der Waals surface area contributed by atoms with Crippen LogP contribution in [-0.4, -0.2) is 10.1 Å². The summed E-state index contributed by atoms with van der Waals surface area (Å²) in [6, 6.07) is 0. The van der Waals surface area contributed by atoms with Gasteiger partial charge in [-0.3, -0.25) is 0 Å². The van der Waals surface area contributed by atoms with Crippen molar-refractivity contribution in [2.24, 2.45) is 0 Å². The van der Waals surface area contributed by atoms with E-state index in [1.165, 1.54) is 0 Å². The molecular weight excluding hydrogens is 269 g/mol. The normalized spacial score (nSPS) is 7.83. The van der Waals surface area contributed by atoms with E-state index in [4.69, 9.17) is 0 Å². The zero-order chi connectivity index (χ0) is 4.99. The summed E-state index contributed by atoms with van der Waals surface area (Å²) in [6.45, 7) is 2.34. The van der Waals surface area contributed by atoms with Gasteiger partial charge in [-0.05, 0) is 0 Å². The molecule has 0 heterocycles. The van der Waals surface area contributed by atoms with E-state index < -0.39 is 0 Å². The second-order valence-electron chi connectivity index (χ2n) is 0.805. The van der Waals surface area contributed by atoms with Gasteiger partial charge in [0.05, 0.1) is 0 Å². The molecule has 0 radical (unpaired) electrons. The third kappa shape index (κ3) is 4.41. The van der Waals surface area contributed by atoms with Gasteiger partial charge in [-0.2, -0.15) is 0 Å². The Morgan fingerprint density at radius 1 is 2.00 bits per heavy atom. The number of carbonyl (C=O) groups is 1. The molecule has 30 valence electrons. The second-order valence-corrected chi connectivity index (χ2v) is 3.05. The molecule has 0 N–H and O–H groups in total. The molecule has 0 saturated carbocycles. The van der Waals surface area contributed by atoms with Crippen molar-refractivity contribution in [2.45, 2.75) is 6.92 Å². The van der Waals surface area contributed by atoms with E-state index in [1.807, 2.05) is 6.92 Å². The third-order valence-corrected chi connectivity index (χ3v) is 1.10. The SMILES string of the molecule is CCO[C](=O)[Hg+]. The van der Waals surface area contributed by atoms with Gasteiger partial charge in [0.15, 0.2) is 0 Å². The zero-order valence-corrected chi connectivity index (χ0v) is 9.23. The summed E-state index contributed by atoms with van der Waals surface area (Å²) in [5, 5.41) is 0. The number of hydrogen-bond donors (Lipinski definition) is 0. The Labute approximate surface area is 52.8 Å². The maximum absolute atomic E-state index is 9.91. The summed E-state index contributed by atoms with van der Waals surface area (Å²) in [5.41, 5.74) is 0. The van der Waals surface area contributed by atoms with Gasteiger partial charge in [0.25, 0.3) is 0 Å². The summed E-state index contributed by atoms with van der Waals surface area (Å²) in [4.78, 5) is 9.91. The van der Waals surface area contributed by atoms with Crippen molar-refractivity contribution in [3.05, 3.63) is 0 Å². The maximum atomic E-state index is 9.91. The molecule has 2 nitrogen and oxygen atoms in total. The molecule has 0 aliphatic heterocycles. The van der Waals surface area contributed by atoms with Crippen LogP contribution in [0.1, 0.15) is 6.92 Å². The van der Waals surface area contributed by atoms with Gasteiger partial charge >= 0.3 is 52.7 Å². The van der Waals surface area contributed by atoms with Gasteiger partial charge in [-0.15, -0.1) is 0 Å². The fourth-order valence-electron chi connectivity index (χ4n) is 0.161. The van der Waals surface area contributed by atoms with Crippen molar-refractivity contribution in [3.8, 4) is 0 Å². The van der Waals surface area contributed by atoms with Gasteiger partial charge in [-0.25, -0.2) is 0 Å². The van der Waals surface area contributed by atoms with Crippen LogP contribution in [0, 0.1) is 0 Å². The van der Waals surface area contributed by atoms with Crippen LogP contribution in [-0.2, 0) is 30.9 Å². The number of carbonyl (C=O) groups excluding carboxylic acids is 1. The molecule has 0 fully saturated rings. The van der Waals surface area contributed by atoms with Crippen molar-refractivity contribution < 1.29 is 35.7 Å². The van der Waals surface area contributed by atoms with Crippen molar-refractivity contribution >= 4 is 3.48 Å². The molecule has 0 spiro atoms. The van der Waals surface area contributed by atoms with E-state index in [0.717, 1.165) is 0 Å². The van der Waals surface area contributed by atoms with Gasteiger partial charge in [0.2, 0.25) is 0 Å². The third-order valence-electron chi connectivity index (χ3n) is 0.305. The predicted molar refractivity (Wildman–Crippen MR) is 17.0 cm³/mol. The molecule has 0 amide bonds. The quantitative estimate of drug-likeness (QED) is 0.657. The average molecular weight is 274 g/mol. The molecule has 0 rings (SSSR count). The van der Waals surface area contributed by atoms with Crippen molar-refractivity contribution in [2.75, 3.05) is 6.61 Å². The fourth-order valence-corrected chi connectivity index (χ4v) is 0.955. The topological polar surface area (TPSA) is 26.3 Å². The van der Waals surface area contributed by atoms with E-state index >= 15 is 0 Å². The van der Waals surface area contributed by atoms with Crippen molar-refractivity contribution in [1.29, 1.82) is 0 Å². The molecule has 0 aromatic carbocycles. The number of hydrogen-bond acceptors (Lipinski definition) is 2. The molecular formula is C3H5HgO2+. The second kappa shape index (κ2) is 3.59. The number of rotatable bonds is 1. The Kier molecular flexibility index (Phi) is 3.83. The Morgan fingerprint density at radius 3 is 2.50 bits per heavy atom. The Balaban J connectivity index is 2.83. The summed E-state index contributed by atoms with van der Waals surface area (Å²) in [5.74, 6) is 0. The zero-order valence-electron chi connectivity index (χ0n) is 3.73. The van der Waals surface area contributed by atoms with E-state index in [0.29, 0.717) is 6.61 Å². The molecule has 6 heavy (non-hydrogen) atoms. The van der Waals surface area contributed by atoms with Crippen LogP contribution in [0.3, 0.4) is 0 Å². The molecule has 0 saturated heterocycles. The Morgan fingerprint density at radius 2 is 2.50 bits per heavy atom. The summed E-state index contributed by atoms with van der Waals surface area (Å²) >= 11 is 0.168. The first-order valence-electron chi connectivity index (χ1n) is 1.76. The minimum atomic E-state index is -0.0162. The van der Waals surface area contributed by atoms with Crippen molar-refractivity contribution in [3.63, 3.8) is 0 Å². The first-order chi connectivity index (χ1) is 2.77. The Bertz CT molecular complexity index is 52.8. The first kappa shape index (κ1) is 6.41. The van der Waals surface area contributed by atoms with Crippen LogP contribution in [0.25, 0.3) is 0 Å². The molecule has 0 aliphatic carbocycles.